The Kier molecular flexibility index (Phi) is 5.26. The molecule has 1 fully saturated rings. The first-order valence-electron chi connectivity index (χ1n) is 8.87. The molecule has 8 nitrogen and oxygen atoms in total. The molecule has 2 atom stereocenters. The van der Waals surface area contributed by atoms with Crippen LogP contribution in [-0.4, -0.2) is 31.2 Å². The highest BCUT2D eigenvalue weighted by atomic mass is 32.1. The summed E-state index contributed by atoms with van der Waals surface area (Å²) in [4.78, 5) is 27.1. The molecule has 9 heteroatoms. The summed E-state index contributed by atoms with van der Waals surface area (Å²) in [5.74, 6) is -1.39. The largest absolute Gasteiger partial charge is 0.481 e. The highest BCUT2D eigenvalue weighted by molar-refractivity contribution is 7.15. The number of aliphatic hydroxyl groups is 2. The number of aliphatic hydroxyl groups excluding tert-OH is 1. The summed E-state index contributed by atoms with van der Waals surface area (Å²) in [5.41, 5.74) is -0.998. The fraction of sp³-hybridized carbons (Fsp3) is 0.474. The van der Waals surface area contributed by atoms with Crippen LogP contribution in [0, 0.1) is 21.4 Å². The zero-order valence-electron chi connectivity index (χ0n) is 15.6. The van der Waals surface area contributed by atoms with Crippen molar-refractivity contribution in [3.05, 3.63) is 45.1 Å². The molecule has 1 aliphatic carbocycles. The van der Waals surface area contributed by atoms with E-state index in [-0.39, 0.29) is 25.1 Å². The van der Waals surface area contributed by atoms with Gasteiger partial charge < -0.3 is 15.3 Å². The molecule has 1 aromatic heterocycles. The van der Waals surface area contributed by atoms with E-state index in [1.54, 1.807) is 12.3 Å². The van der Waals surface area contributed by atoms with Gasteiger partial charge in [0.05, 0.1) is 22.3 Å². The molecule has 1 heterocycles. The van der Waals surface area contributed by atoms with Crippen LogP contribution in [0.15, 0.2) is 24.4 Å². The van der Waals surface area contributed by atoms with Gasteiger partial charge in [-0.3, -0.25) is 14.9 Å². The highest BCUT2D eigenvalue weighted by Gasteiger charge is 2.49. The molecule has 0 bridgehead atoms. The van der Waals surface area contributed by atoms with Crippen molar-refractivity contribution in [1.82, 2.24) is 4.98 Å². The number of non-ortho nitro benzene ring substituents is 1. The molecule has 3 N–H and O–H groups in total. The zero-order chi connectivity index (χ0) is 20.7. The van der Waals surface area contributed by atoms with E-state index in [0.29, 0.717) is 27.4 Å². The highest BCUT2D eigenvalue weighted by Crippen LogP contribution is 2.50. The fourth-order valence-corrected chi connectivity index (χ4v) is 5.03. The van der Waals surface area contributed by atoms with E-state index < -0.39 is 27.8 Å². The van der Waals surface area contributed by atoms with Crippen molar-refractivity contribution in [3.63, 3.8) is 0 Å². The van der Waals surface area contributed by atoms with Gasteiger partial charge in [-0.15, -0.1) is 11.3 Å². The average Bonchev–Trinajstić information content (AvgIpc) is 3.11. The van der Waals surface area contributed by atoms with Gasteiger partial charge in [-0.1, -0.05) is 13.8 Å². The van der Waals surface area contributed by atoms with Crippen molar-refractivity contribution < 1.29 is 25.0 Å². The van der Waals surface area contributed by atoms with Crippen molar-refractivity contribution in [2.45, 2.75) is 45.3 Å². The lowest BCUT2D eigenvalue weighted by molar-refractivity contribution is -0.384. The van der Waals surface area contributed by atoms with Gasteiger partial charge in [-0.25, -0.2) is 4.98 Å². The molecule has 1 aromatic carbocycles. The first kappa shape index (κ1) is 20.4. The molecular formula is C19H22N2O6S. The lowest BCUT2D eigenvalue weighted by Crippen LogP contribution is -2.44. The summed E-state index contributed by atoms with van der Waals surface area (Å²) in [7, 11) is 0. The van der Waals surface area contributed by atoms with Gasteiger partial charge in [0.25, 0.3) is 5.69 Å². The minimum atomic E-state index is -1.24. The van der Waals surface area contributed by atoms with E-state index in [4.69, 9.17) is 0 Å². The van der Waals surface area contributed by atoms with Gasteiger partial charge in [0.1, 0.15) is 10.6 Å². The van der Waals surface area contributed by atoms with E-state index in [1.807, 2.05) is 13.8 Å². The van der Waals surface area contributed by atoms with Crippen LogP contribution in [0.4, 0.5) is 5.69 Å². The number of hydrogen-bond donors (Lipinski definition) is 3. The summed E-state index contributed by atoms with van der Waals surface area (Å²) in [6, 6.07) is 4.38. The van der Waals surface area contributed by atoms with Crippen molar-refractivity contribution in [3.8, 4) is 10.4 Å². The predicted molar refractivity (Wildman–Crippen MR) is 103 cm³/mol. The average molecular weight is 406 g/mol. The fourth-order valence-electron chi connectivity index (χ4n) is 4.02. The molecule has 28 heavy (non-hydrogen) atoms. The molecule has 1 saturated carbocycles. The lowest BCUT2D eigenvalue weighted by Gasteiger charge is -2.44. The lowest BCUT2D eigenvalue weighted by atomic mass is 9.63. The van der Waals surface area contributed by atoms with Gasteiger partial charge in [0.15, 0.2) is 0 Å². The van der Waals surface area contributed by atoms with Crippen LogP contribution in [0.5, 0.6) is 0 Å². The predicted octanol–water partition coefficient (Wildman–Crippen LogP) is 3.31. The number of carboxylic acids is 1. The van der Waals surface area contributed by atoms with Crippen LogP contribution >= 0.6 is 11.3 Å². The molecule has 2 aromatic rings. The van der Waals surface area contributed by atoms with Crippen molar-refractivity contribution in [1.29, 1.82) is 0 Å². The van der Waals surface area contributed by atoms with Crippen molar-refractivity contribution in [2.24, 2.45) is 11.3 Å². The number of thiazole rings is 1. The third-order valence-corrected chi connectivity index (χ3v) is 6.64. The minimum Gasteiger partial charge on any atom is -0.481 e. The molecule has 0 unspecified atom stereocenters. The second kappa shape index (κ2) is 7.23. The van der Waals surface area contributed by atoms with Crippen LogP contribution in [0.1, 0.15) is 43.7 Å². The number of rotatable bonds is 5. The maximum Gasteiger partial charge on any atom is 0.307 e. The number of hydrogen-bond acceptors (Lipinski definition) is 7. The quantitative estimate of drug-likeness (QED) is 0.512. The van der Waals surface area contributed by atoms with E-state index in [1.165, 1.54) is 23.5 Å². The molecule has 0 aliphatic heterocycles. The topological polar surface area (TPSA) is 134 Å². The van der Waals surface area contributed by atoms with Gasteiger partial charge in [-0.2, -0.15) is 0 Å². The Bertz CT molecular complexity index is 925. The molecular weight excluding hydrogens is 384 g/mol. The third kappa shape index (κ3) is 3.78. The number of nitro groups is 1. The Morgan fingerprint density at radius 3 is 2.68 bits per heavy atom. The first-order chi connectivity index (χ1) is 13.1. The number of aliphatic carboxylic acids is 1. The monoisotopic (exact) mass is 406 g/mol. The summed E-state index contributed by atoms with van der Waals surface area (Å²) in [6.45, 7) is 3.34. The molecule has 0 radical (unpaired) electrons. The van der Waals surface area contributed by atoms with Gasteiger partial charge >= 0.3 is 5.97 Å². The SMILES string of the molecule is CC1(C)C[C@@](O)(c2ncc(-c3cc(CO)cc([N+](=O)[O-])c3)s2)CC[C@@H]1C(=O)O. The Morgan fingerprint density at radius 1 is 1.39 bits per heavy atom. The summed E-state index contributed by atoms with van der Waals surface area (Å²) in [5, 5.41) is 41.6. The van der Waals surface area contributed by atoms with Crippen LogP contribution in [0.25, 0.3) is 10.4 Å². The molecule has 0 spiro atoms. The normalized spacial score (nSPS) is 24.1. The van der Waals surface area contributed by atoms with Crippen LogP contribution in [-0.2, 0) is 17.0 Å². The second-order valence-corrected chi connectivity index (χ2v) is 8.99. The number of aromatic nitrogens is 1. The minimum absolute atomic E-state index is 0.127. The summed E-state index contributed by atoms with van der Waals surface area (Å²) >= 11 is 1.23. The number of carbonyl (C=O) groups is 1. The second-order valence-electron chi connectivity index (χ2n) is 7.96. The smallest absolute Gasteiger partial charge is 0.307 e. The van der Waals surface area contributed by atoms with Gasteiger partial charge in [0.2, 0.25) is 0 Å². The number of carboxylic acid groups (broad SMARTS) is 1. The Balaban J connectivity index is 1.94. The Labute approximate surface area is 165 Å². The maximum atomic E-state index is 11.5. The van der Waals surface area contributed by atoms with Gasteiger partial charge in [-0.05, 0) is 36.3 Å². The van der Waals surface area contributed by atoms with E-state index >= 15 is 0 Å². The number of nitrogens with zero attached hydrogens (tertiary/aromatic N) is 2. The van der Waals surface area contributed by atoms with E-state index in [2.05, 4.69) is 4.98 Å². The molecule has 150 valence electrons. The van der Waals surface area contributed by atoms with Crippen LogP contribution < -0.4 is 0 Å². The Hall–Kier alpha value is -2.36. The zero-order valence-corrected chi connectivity index (χ0v) is 16.4. The van der Waals surface area contributed by atoms with Crippen molar-refractivity contribution in [2.75, 3.05) is 0 Å². The molecule has 0 amide bonds. The third-order valence-electron chi connectivity index (χ3n) is 5.40. The molecule has 3 rings (SSSR count). The van der Waals surface area contributed by atoms with Crippen LogP contribution in [0.2, 0.25) is 0 Å². The summed E-state index contributed by atoms with van der Waals surface area (Å²) < 4.78 is 0. The van der Waals surface area contributed by atoms with E-state index in [9.17, 15) is 30.2 Å². The number of nitro benzene ring substituents is 1. The summed E-state index contributed by atoms with van der Waals surface area (Å²) in [6.07, 6.45) is 2.45. The maximum absolute atomic E-state index is 11.5. The van der Waals surface area contributed by atoms with E-state index in [0.717, 1.165) is 0 Å². The first-order valence-corrected chi connectivity index (χ1v) is 9.68. The molecule has 0 saturated heterocycles. The number of benzene rings is 1. The Morgan fingerprint density at radius 2 is 2.11 bits per heavy atom. The van der Waals surface area contributed by atoms with Crippen molar-refractivity contribution >= 4 is 23.0 Å². The molecule has 1 aliphatic rings. The van der Waals surface area contributed by atoms with Gasteiger partial charge in [0, 0.05) is 23.9 Å². The standard InChI is InChI=1S/C19H22N2O6S/c1-18(2)10-19(25,4-3-14(18)16(23)24)17-20-8-15(28-17)12-5-11(9-22)6-13(7-12)21(26)27/h5-8,14,22,25H,3-4,9-10H2,1-2H3,(H,23,24)/t14-,19-/m1/s1. The van der Waals surface area contributed by atoms with Crippen LogP contribution in [0.3, 0.4) is 0 Å².